The predicted octanol–water partition coefficient (Wildman–Crippen LogP) is 3.47. The van der Waals surface area contributed by atoms with E-state index < -0.39 is 12.6 Å². The number of anilines is 1. The predicted molar refractivity (Wildman–Crippen MR) is 69.9 cm³/mol. The normalized spacial score (nSPS) is 11.1. The van der Waals surface area contributed by atoms with E-state index in [0.717, 1.165) is 0 Å². The maximum Gasteiger partial charge on any atom is 0.389 e. The molecule has 1 aromatic rings. The zero-order valence-corrected chi connectivity index (χ0v) is 11.6. The number of benzene rings is 1. The van der Waals surface area contributed by atoms with Crippen LogP contribution in [0, 0.1) is 0 Å². The largest absolute Gasteiger partial charge is 0.493 e. The van der Waals surface area contributed by atoms with Crippen LogP contribution in [-0.2, 0) is 0 Å². The van der Waals surface area contributed by atoms with Crippen molar-refractivity contribution in [2.45, 2.75) is 19.0 Å². The first-order valence-corrected chi connectivity index (χ1v) is 6.02. The smallest absolute Gasteiger partial charge is 0.389 e. The van der Waals surface area contributed by atoms with Gasteiger partial charge in [-0.05, 0) is 6.42 Å². The van der Waals surface area contributed by atoms with Gasteiger partial charge in [-0.15, -0.1) is 0 Å². The van der Waals surface area contributed by atoms with Gasteiger partial charge in [0.1, 0.15) is 0 Å². The van der Waals surface area contributed by atoms with Crippen LogP contribution in [0.4, 0.5) is 18.9 Å². The minimum Gasteiger partial charge on any atom is -0.493 e. The van der Waals surface area contributed by atoms with Crippen molar-refractivity contribution in [2.75, 3.05) is 33.2 Å². The molecule has 114 valence electrons. The van der Waals surface area contributed by atoms with E-state index in [4.69, 9.17) is 14.2 Å². The summed E-state index contributed by atoms with van der Waals surface area (Å²) in [6, 6.07) is 3.30. The summed E-state index contributed by atoms with van der Waals surface area (Å²) in [5, 5.41) is 2.90. The van der Waals surface area contributed by atoms with Crippen LogP contribution in [0.25, 0.3) is 0 Å². The Labute approximate surface area is 115 Å². The molecule has 0 heterocycles. The van der Waals surface area contributed by atoms with Gasteiger partial charge in [0.2, 0.25) is 5.75 Å². The fourth-order valence-electron chi connectivity index (χ4n) is 1.70. The Morgan fingerprint density at radius 3 is 1.95 bits per heavy atom. The third-order valence-electron chi connectivity index (χ3n) is 2.63. The van der Waals surface area contributed by atoms with E-state index in [9.17, 15) is 13.2 Å². The highest BCUT2D eigenvalue weighted by Crippen LogP contribution is 2.39. The second kappa shape index (κ2) is 7.12. The maximum atomic E-state index is 12.0. The lowest BCUT2D eigenvalue weighted by Crippen LogP contribution is -2.11. The molecule has 0 radical (unpaired) electrons. The standard InChI is InChI=1S/C13H18F3NO3/c1-18-10-7-9(8-11(19-2)12(10)20-3)17-6-4-5-13(14,15)16/h7-8,17H,4-6H2,1-3H3. The van der Waals surface area contributed by atoms with Crippen LogP contribution in [0.2, 0.25) is 0 Å². The van der Waals surface area contributed by atoms with Crippen molar-refractivity contribution in [2.24, 2.45) is 0 Å². The van der Waals surface area contributed by atoms with Crippen molar-refractivity contribution in [3.63, 3.8) is 0 Å². The molecule has 20 heavy (non-hydrogen) atoms. The quantitative estimate of drug-likeness (QED) is 0.781. The minimum absolute atomic E-state index is 0.000159. The van der Waals surface area contributed by atoms with Gasteiger partial charge in [0.15, 0.2) is 11.5 Å². The number of methoxy groups -OCH3 is 3. The number of nitrogens with one attached hydrogen (secondary N) is 1. The van der Waals surface area contributed by atoms with Gasteiger partial charge in [-0.3, -0.25) is 0 Å². The average molecular weight is 293 g/mol. The van der Waals surface area contributed by atoms with Crippen LogP contribution in [-0.4, -0.2) is 34.1 Å². The Morgan fingerprint density at radius 1 is 1.00 bits per heavy atom. The van der Waals surface area contributed by atoms with Crippen LogP contribution in [0.5, 0.6) is 17.2 Å². The zero-order chi connectivity index (χ0) is 15.2. The van der Waals surface area contributed by atoms with Gasteiger partial charge in [0.05, 0.1) is 21.3 Å². The number of ether oxygens (including phenoxy) is 3. The summed E-state index contributed by atoms with van der Waals surface area (Å²) in [6.07, 6.45) is -4.94. The van der Waals surface area contributed by atoms with E-state index in [2.05, 4.69) is 5.32 Å². The lowest BCUT2D eigenvalue weighted by molar-refractivity contribution is -0.134. The molecular formula is C13H18F3NO3. The Kier molecular flexibility index (Phi) is 5.79. The van der Waals surface area contributed by atoms with Crippen molar-refractivity contribution in [3.8, 4) is 17.2 Å². The number of alkyl halides is 3. The van der Waals surface area contributed by atoms with Gasteiger partial charge in [0.25, 0.3) is 0 Å². The second-order valence-corrected chi connectivity index (χ2v) is 4.06. The van der Waals surface area contributed by atoms with Crippen molar-refractivity contribution < 1.29 is 27.4 Å². The molecule has 0 saturated heterocycles. The van der Waals surface area contributed by atoms with Crippen LogP contribution >= 0.6 is 0 Å². The number of hydrogen-bond acceptors (Lipinski definition) is 4. The number of hydrogen-bond donors (Lipinski definition) is 1. The zero-order valence-electron chi connectivity index (χ0n) is 11.6. The Hall–Kier alpha value is -1.79. The van der Waals surface area contributed by atoms with E-state index in [1.165, 1.54) is 21.3 Å². The summed E-state index contributed by atoms with van der Waals surface area (Å²) in [7, 11) is 4.44. The summed E-state index contributed by atoms with van der Waals surface area (Å²) >= 11 is 0. The molecule has 1 aromatic carbocycles. The molecule has 0 unspecified atom stereocenters. The molecule has 1 rings (SSSR count). The lowest BCUT2D eigenvalue weighted by atomic mass is 10.2. The first kappa shape index (κ1) is 16.3. The molecule has 0 bridgehead atoms. The average Bonchev–Trinajstić information content (AvgIpc) is 2.41. The number of rotatable bonds is 7. The van der Waals surface area contributed by atoms with E-state index >= 15 is 0 Å². The molecular weight excluding hydrogens is 275 g/mol. The first-order chi connectivity index (χ1) is 9.41. The molecule has 0 aliphatic heterocycles. The third kappa shape index (κ3) is 4.71. The topological polar surface area (TPSA) is 39.7 Å². The van der Waals surface area contributed by atoms with Crippen molar-refractivity contribution in [1.29, 1.82) is 0 Å². The van der Waals surface area contributed by atoms with E-state index in [1.54, 1.807) is 12.1 Å². The first-order valence-electron chi connectivity index (χ1n) is 6.02. The van der Waals surface area contributed by atoms with Crippen LogP contribution < -0.4 is 19.5 Å². The van der Waals surface area contributed by atoms with Crippen molar-refractivity contribution in [3.05, 3.63) is 12.1 Å². The SMILES string of the molecule is COc1cc(NCCCC(F)(F)F)cc(OC)c1OC. The summed E-state index contributed by atoms with van der Waals surface area (Å²) in [5.41, 5.74) is 0.613. The third-order valence-corrected chi connectivity index (χ3v) is 2.63. The summed E-state index contributed by atoms with van der Waals surface area (Å²) in [4.78, 5) is 0. The fraction of sp³-hybridized carbons (Fsp3) is 0.538. The summed E-state index contributed by atoms with van der Waals surface area (Å²) in [6.45, 7) is 0.206. The van der Waals surface area contributed by atoms with Crippen molar-refractivity contribution in [1.82, 2.24) is 0 Å². The van der Waals surface area contributed by atoms with Crippen LogP contribution in [0.15, 0.2) is 12.1 Å². The Bertz CT molecular complexity index is 410. The van der Waals surface area contributed by atoms with Crippen molar-refractivity contribution >= 4 is 5.69 Å². The van der Waals surface area contributed by atoms with E-state index in [-0.39, 0.29) is 13.0 Å². The Morgan fingerprint density at radius 2 is 1.55 bits per heavy atom. The van der Waals surface area contributed by atoms with Gasteiger partial charge in [0, 0.05) is 30.8 Å². The lowest BCUT2D eigenvalue weighted by Gasteiger charge is -2.15. The summed E-state index contributed by atoms with van der Waals surface area (Å²) in [5.74, 6) is 1.34. The van der Waals surface area contributed by atoms with Gasteiger partial charge in [-0.1, -0.05) is 0 Å². The molecule has 0 atom stereocenters. The molecule has 0 amide bonds. The minimum atomic E-state index is -4.13. The molecule has 0 aliphatic rings. The molecule has 0 saturated carbocycles. The highest BCUT2D eigenvalue weighted by atomic mass is 19.4. The molecule has 0 aliphatic carbocycles. The van der Waals surface area contributed by atoms with Crippen LogP contribution in [0.3, 0.4) is 0 Å². The van der Waals surface area contributed by atoms with E-state index in [1.807, 2.05) is 0 Å². The second-order valence-electron chi connectivity index (χ2n) is 4.06. The molecule has 4 nitrogen and oxygen atoms in total. The molecule has 1 N–H and O–H groups in total. The Balaban J connectivity index is 2.71. The molecule has 0 aromatic heterocycles. The summed E-state index contributed by atoms with van der Waals surface area (Å²) < 4.78 is 51.6. The fourth-order valence-corrected chi connectivity index (χ4v) is 1.70. The molecule has 0 fully saturated rings. The molecule has 7 heteroatoms. The highest BCUT2D eigenvalue weighted by Gasteiger charge is 2.25. The van der Waals surface area contributed by atoms with Gasteiger partial charge >= 0.3 is 6.18 Å². The monoisotopic (exact) mass is 293 g/mol. The maximum absolute atomic E-state index is 12.0. The number of halogens is 3. The van der Waals surface area contributed by atoms with Gasteiger partial charge in [-0.2, -0.15) is 13.2 Å². The molecule has 0 spiro atoms. The van der Waals surface area contributed by atoms with E-state index in [0.29, 0.717) is 22.9 Å². The van der Waals surface area contributed by atoms with Gasteiger partial charge < -0.3 is 19.5 Å². The van der Waals surface area contributed by atoms with Crippen LogP contribution in [0.1, 0.15) is 12.8 Å². The highest BCUT2D eigenvalue weighted by molar-refractivity contribution is 5.62. The van der Waals surface area contributed by atoms with Gasteiger partial charge in [-0.25, -0.2) is 0 Å².